The van der Waals surface area contributed by atoms with Gasteiger partial charge in [0, 0.05) is 10.9 Å². The predicted molar refractivity (Wildman–Crippen MR) is 76.5 cm³/mol. The minimum absolute atomic E-state index is 0.319. The molecule has 2 N–H and O–H groups in total. The molecule has 0 spiro atoms. The Balaban J connectivity index is 1.63. The van der Waals surface area contributed by atoms with Gasteiger partial charge in [-0.05, 0) is 85.6 Å². The van der Waals surface area contributed by atoms with Crippen molar-refractivity contribution in [1.29, 1.82) is 0 Å². The van der Waals surface area contributed by atoms with Gasteiger partial charge in [0.1, 0.15) is 0 Å². The summed E-state index contributed by atoms with van der Waals surface area (Å²) < 4.78 is 0. The fourth-order valence-electron chi connectivity index (χ4n) is 5.45. The van der Waals surface area contributed by atoms with Crippen molar-refractivity contribution in [3.05, 3.63) is 21.9 Å². The molecule has 1 heterocycles. The molecule has 2 heteroatoms. The molecule has 1 nitrogen and oxygen atoms in total. The first-order valence-electron chi connectivity index (χ1n) is 7.52. The first-order chi connectivity index (χ1) is 8.72. The zero-order valence-electron chi connectivity index (χ0n) is 11.1. The third-order valence-electron chi connectivity index (χ3n) is 5.92. The number of thiophene rings is 1. The monoisotopic (exact) mass is 261 g/mol. The smallest absolute Gasteiger partial charge is 0.0426 e. The lowest BCUT2D eigenvalue weighted by molar-refractivity contribution is -0.0467. The van der Waals surface area contributed by atoms with Crippen LogP contribution >= 0.6 is 11.3 Å². The molecule has 4 aliphatic carbocycles. The predicted octanol–water partition coefficient (Wildman–Crippen LogP) is 4.13. The van der Waals surface area contributed by atoms with Crippen LogP contribution in [0.2, 0.25) is 0 Å². The highest BCUT2D eigenvalue weighted by molar-refractivity contribution is 7.10. The Hall–Kier alpha value is -0.340. The second-order valence-corrected chi connectivity index (χ2v) is 7.95. The van der Waals surface area contributed by atoms with Crippen molar-refractivity contribution in [3.8, 4) is 0 Å². The van der Waals surface area contributed by atoms with E-state index in [1.54, 1.807) is 0 Å². The van der Waals surface area contributed by atoms with Gasteiger partial charge in [0.2, 0.25) is 0 Å². The van der Waals surface area contributed by atoms with Crippen LogP contribution in [-0.2, 0) is 0 Å². The van der Waals surface area contributed by atoms with Crippen molar-refractivity contribution < 1.29 is 0 Å². The molecule has 0 aliphatic heterocycles. The Labute approximate surface area is 114 Å². The van der Waals surface area contributed by atoms with E-state index in [-0.39, 0.29) is 0 Å². The van der Waals surface area contributed by atoms with Gasteiger partial charge in [-0.1, -0.05) is 0 Å². The molecule has 0 saturated heterocycles. The molecule has 1 atom stereocenters. The standard InChI is InChI=1S/C16H23NS/c1-9-2-3-18-16(9)15(17)14-12-5-10-4-11(7-12)8-13(14)6-10/h2-3,10-15H,4-8,17H2,1H3. The second kappa shape index (κ2) is 4.08. The molecular weight excluding hydrogens is 238 g/mol. The molecule has 18 heavy (non-hydrogen) atoms. The number of aryl methyl sites for hydroxylation is 1. The minimum atomic E-state index is 0.319. The lowest BCUT2D eigenvalue weighted by Crippen LogP contribution is -2.48. The zero-order chi connectivity index (χ0) is 12.3. The molecule has 0 amide bonds. The Bertz CT molecular complexity index is 422. The highest BCUT2D eigenvalue weighted by atomic mass is 32.1. The molecule has 0 aromatic carbocycles. The number of rotatable bonds is 2. The zero-order valence-corrected chi connectivity index (χ0v) is 12.0. The summed E-state index contributed by atoms with van der Waals surface area (Å²) in [6, 6.07) is 2.55. The Morgan fingerprint density at radius 3 is 2.22 bits per heavy atom. The van der Waals surface area contributed by atoms with Crippen molar-refractivity contribution in [3.63, 3.8) is 0 Å². The highest BCUT2D eigenvalue weighted by Gasteiger charge is 2.50. The van der Waals surface area contributed by atoms with Gasteiger partial charge in [-0.2, -0.15) is 0 Å². The first kappa shape index (κ1) is 11.5. The highest BCUT2D eigenvalue weighted by Crippen LogP contribution is 2.59. The van der Waals surface area contributed by atoms with E-state index in [0.29, 0.717) is 6.04 Å². The summed E-state index contributed by atoms with van der Waals surface area (Å²) >= 11 is 1.88. The van der Waals surface area contributed by atoms with Gasteiger partial charge in [-0.25, -0.2) is 0 Å². The Kier molecular flexibility index (Phi) is 2.60. The maximum Gasteiger partial charge on any atom is 0.0426 e. The fraction of sp³-hybridized carbons (Fsp3) is 0.750. The summed E-state index contributed by atoms with van der Waals surface area (Å²) in [6.07, 6.45) is 7.46. The third kappa shape index (κ3) is 1.61. The van der Waals surface area contributed by atoms with Crippen LogP contribution < -0.4 is 5.73 Å². The number of hydrogen-bond donors (Lipinski definition) is 1. The van der Waals surface area contributed by atoms with E-state index in [0.717, 1.165) is 29.6 Å². The van der Waals surface area contributed by atoms with E-state index >= 15 is 0 Å². The van der Waals surface area contributed by atoms with Gasteiger partial charge in [0.05, 0.1) is 0 Å². The largest absolute Gasteiger partial charge is 0.323 e. The van der Waals surface area contributed by atoms with E-state index in [1.165, 1.54) is 42.5 Å². The minimum Gasteiger partial charge on any atom is -0.323 e. The molecule has 4 bridgehead atoms. The fourth-order valence-corrected chi connectivity index (χ4v) is 6.44. The van der Waals surface area contributed by atoms with Gasteiger partial charge in [-0.3, -0.25) is 0 Å². The molecule has 98 valence electrons. The quantitative estimate of drug-likeness (QED) is 0.851. The van der Waals surface area contributed by atoms with Gasteiger partial charge < -0.3 is 5.73 Å². The van der Waals surface area contributed by atoms with Crippen LogP contribution in [0.3, 0.4) is 0 Å². The van der Waals surface area contributed by atoms with E-state index in [9.17, 15) is 0 Å². The molecule has 1 aromatic heterocycles. The average Bonchev–Trinajstić information content (AvgIpc) is 2.73. The lowest BCUT2D eigenvalue weighted by atomic mass is 9.50. The topological polar surface area (TPSA) is 26.0 Å². The van der Waals surface area contributed by atoms with Crippen molar-refractivity contribution in [2.24, 2.45) is 35.3 Å². The summed E-state index contributed by atoms with van der Waals surface area (Å²) in [5.74, 6) is 4.78. The van der Waals surface area contributed by atoms with E-state index in [1.807, 2.05) is 11.3 Å². The molecular formula is C16H23NS. The van der Waals surface area contributed by atoms with Crippen molar-refractivity contribution in [2.45, 2.75) is 45.1 Å². The normalized spacial score (nSPS) is 43.3. The Morgan fingerprint density at radius 2 is 1.72 bits per heavy atom. The van der Waals surface area contributed by atoms with E-state index in [2.05, 4.69) is 18.4 Å². The van der Waals surface area contributed by atoms with Crippen LogP contribution in [0, 0.1) is 36.5 Å². The summed E-state index contributed by atoms with van der Waals surface area (Å²) in [7, 11) is 0. The summed E-state index contributed by atoms with van der Waals surface area (Å²) in [4.78, 5) is 1.47. The summed E-state index contributed by atoms with van der Waals surface area (Å²) in [5.41, 5.74) is 8.09. The van der Waals surface area contributed by atoms with Gasteiger partial charge in [-0.15, -0.1) is 11.3 Å². The van der Waals surface area contributed by atoms with Crippen LogP contribution in [0.1, 0.15) is 48.6 Å². The number of nitrogens with two attached hydrogens (primary N) is 1. The van der Waals surface area contributed by atoms with E-state index in [4.69, 9.17) is 5.73 Å². The summed E-state index contributed by atoms with van der Waals surface area (Å²) in [5, 5.41) is 2.21. The molecule has 4 aliphatic rings. The molecule has 4 saturated carbocycles. The third-order valence-corrected chi connectivity index (χ3v) is 7.04. The molecule has 0 radical (unpaired) electrons. The van der Waals surface area contributed by atoms with Crippen LogP contribution in [0.5, 0.6) is 0 Å². The number of hydrogen-bond acceptors (Lipinski definition) is 2. The van der Waals surface area contributed by atoms with Crippen LogP contribution in [0.25, 0.3) is 0 Å². The van der Waals surface area contributed by atoms with Crippen molar-refractivity contribution in [2.75, 3.05) is 0 Å². The maximum absolute atomic E-state index is 6.68. The lowest BCUT2D eigenvalue weighted by Gasteiger charge is -2.56. The first-order valence-corrected chi connectivity index (χ1v) is 8.40. The van der Waals surface area contributed by atoms with Crippen LogP contribution in [0.4, 0.5) is 0 Å². The average molecular weight is 261 g/mol. The molecule has 4 fully saturated rings. The summed E-state index contributed by atoms with van der Waals surface area (Å²) in [6.45, 7) is 2.22. The van der Waals surface area contributed by atoms with Crippen LogP contribution in [-0.4, -0.2) is 0 Å². The van der Waals surface area contributed by atoms with Crippen molar-refractivity contribution >= 4 is 11.3 Å². The van der Waals surface area contributed by atoms with Gasteiger partial charge in [0.25, 0.3) is 0 Å². The van der Waals surface area contributed by atoms with E-state index < -0.39 is 0 Å². The maximum atomic E-state index is 6.68. The molecule has 5 rings (SSSR count). The second-order valence-electron chi connectivity index (χ2n) is 7.00. The SMILES string of the molecule is Cc1ccsc1C(N)C1C2CC3CC(C2)CC1C3. The van der Waals surface area contributed by atoms with Crippen molar-refractivity contribution in [1.82, 2.24) is 0 Å². The van der Waals surface area contributed by atoms with Gasteiger partial charge in [0.15, 0.2) is 0 Å². The van der Waals surface area contributed by atoms with Gasteiger partial charge >= 0.3 is 0 Å². The Morgan fingerprint density at radius 1 is 1.11 bits per heavy atom. The molecule has 1 aromatic rings. The van der Waals surface area contributed by atoms with Crippen LogP contribution in [0.15, 0.2) is 11.4 Å². The molecule has 1 unspecified atom stereocenters.